The van der Waals surface area contributed by atoms with Crippen molar-refractivity contribution in [1.82, 2.24) is 5.32 Å². The van der Waals surface area contributed by atoms with Crippen LogP contribution in [0.3, 0.4) is 0 Å². The average molecular weight is 265 g/mol. The van der Waals surface area contributed by atoms with Gasteiger partial charge in [-0.25, -0.2) is 0 Å². The van der Waals surface area contributed by atoms with Crippen molar-refractivity contribution >= 4 is 28.6 Å². The number of nitrogens with one attached hydrogen (secondary N) is 1. The van der Waals surface area contributed by atoms with Crippen molar-refractivity contribution in [3.8, 4) is 0 Å². The molecule has 0 saturated carbocycles. The van der Waals surface area contributed by atoms with Gasteiger partial charge in [0, 0.05) is 23.5 Å². The molecule has 1 unspecified atom stereocenters. The number of thiophene rings is 1. The zero-order valence-electron chi connectivity index (χ0n) is 8.94. The molecule has 0 fully saturated rings. The third-order valence-corrected chi connectivity index (χ3v) is 3.55. The van der Waals surface area contributed by atoms with E-state index in [0.29, 0.717) is 6.54 Å². The van der Waals surface area contributed by atoms with E-state index in [-0.39, 0.29) is 16.1 Å². The summed E-state index contributed by atoms with van der Waals surface area (Å²) in [6.07, 6.45) is -0.451. The van der Waals surface area contributed by atoms with E-state index in [4.69, 9.17) is 16.7 Å². The Morgan fingerprint density at radius 3 is 2.75 bits per heavy atom. The van der Waals surface area contributed by atoms with E-state index < -0.39 is 11.0 Å². The van der Waals surface area contributed by atoms with Crippen molar-refractivity contribution in [2.75, 3.05) is 6.54 Å². The molecule has 1 aromatic heterocycles. The lowest BCUT2D eigenvalue weighted by atomic mass is 10.2. The minimum Gasteiger partial charge on any atom is -0.392 e. The highest BCUT2D eigenvalue weighted by Crippen LogP contribution is 2.36. The lowest BCUT2D eigenvalue weighted by Crippen LogP contribution is -2.26. The Morgan fingerprint density at radius 2 is 2.31 bits per heavy atom. The van der Waals surface area contributed by atoms with Crippen LogP contribution in [-0.2, 0) is 0 Å². The minimum atomic E-state index is -0.496. The van der Waals surface area contributed by atoms with Crippen molar-refractivity contribution in [2.45, 2.75) is 26.0 Å². The lowest BCUT2D eigenvalue weighted by molar-refractivity contribution is -0.384. The van der Waals surface area contributed by atoms with Crippen LogP contribution in [0.4, 0.5) is 5.69 Å². The van der Waals surface area contributed by atoms with Crippen molar-refractivity contribution in [3.05, 3.63) is 25.4 Å². The molecule has 90 valence electrons. The van der Waals surface area contributed by atoms with Crippen LogP contribution in [0, 0.1) is 10.1 Å². The molecule has 16 heavy (non-hydrogen) atoms. The standard InChI is InChI=1S/C9H13ClN2O3S/c1-5(13)4-11-6(2)8-3-7(12(14)15)9(10)16-8/h3,5-6,11,13H,4H2,1-2H3/t5-,6?/m1/s1. The molecule has 1 rings (SSSR count). The van der Waals surface area contributed by atoms with E-state index in [9.17, 15) is 10.1 Å². The second-order valence-corrected chi connectivity index (χ2v) is 5.23. The Labute approximate surface area is 102 Å². The highest BCUT2D eigenvalue weighted by molar-refractivity contribution is 7.16. The first-order chi connectivity index (χ1) is 7.41. The molecule has 0 spiro atoms. The smallest absolute Gasteiger partial charge is 0.299 e. The van der Waals surface area contributed by atoms with Gasteiger partial charge in [0.25, 0.3) is 5.69 Å². The third-order valence-electron chi connectivity index (χ3n) is 2.03. The van der Waals surface area contributed by atoms with Gasteiger partial charge in [0.2, 0.25) is 0 Å². The lowest BCUT2D eigenvalue weighted by Gasteiger charge is -2.12. The molecule has 0 aliphatic heterocycles. The number of aliphatic hydroxyl groups excluding tert-OH is 1. The Hall–Kier alpha value is -0.690. The first kappa shape index (κ1) is 13.4. The van der Waals surface area contributed by atoms with Gasteiger partial charge in [-0.05, 0) is 13.8 Å². The molecule has 1 aromatic rings. The van der Waals surface area contributed by atoms with Crippen LogP contribution in [0.25, 0.3) is 0 Å². The normalized spacial score (nSPS) is 14.8. The first-order valence-electron chi connectivity index (χ1n) is 4.77. The summed E-state index contributed by atoms with van der Waals surface area (Å²) in [5.74, 6) is 0. The second kappa shape index (κ2) is 5.58. The van der Waals surface area contributed by atoms with Gasteiger partial charge in [0.1, 0.15) is 0 Å². The van der Waals surface area contributed by atoms with Crippen molar-refractivity contribution < 1.29 is 10.0 Å². The molecule has 0 aliphatic rings. The number of halogens is 1. The number of hydrogen-bond donors (Lipinski definition) is 2. The summed E-state index contributed by atoms with van der Waals surface area (Å²) in [5.41, 5.74) is -0.0626. The maximum Gasteiger partial charge on any atom is 0.299 e. The van der Waals surface area contributed by atoms with Crippen LogP contribution in [0.2, 0.25) is 4.34 Å². The number of nitro groups is 1. The zero-order chi connectivity index (χ0) is 12.3. The summed E-state index contributed by atoms with van der Waals surface area (Å²) < 4.78 is 0.186. The predicted molar refractivity (Wildman–Crippen MR) is 64.1 cm³/mol. The summed E-state index contributed by atoms with van der Waals surface area (Å²) in [6.45, 7) is 3.97. The highest BCUT2D eigenvalue weighted by Gasteiger charge is 2.20. The molecule has 1 heterocycles. The van der Waals surface area contributed by atoms with Crippen molar-refractivity contribution in [3.63, 3.8) is 0 Å². The molecule has 2 N–H and O–H groups in total. The van der Waals surface area contributed by atoms with Gasteiger partial charge in [-0.1, -0.05) is 11.6 Å². The van der Waals surface area contributed by atoms with Gasteiger partial charge in [-0.15, -0.1) is 11.3 Å². The molecule has 0 amide bonds. The van der Waals surface area contributed by atoms with Gasteiger partial charge >= 0.3 is 0 Å². The van der Waals surface area contributed by atoms with Crippen LogP contribution < -0.4 is 5.32 Å². The summed E-state index contributed by atoms with van der Waals surface area (Å²) in [5, 5.41) is 22.8. The van der Waals surface area contributed by atoms with E-state index in [1.54, 1.807) is 6.92 Å². The molecular weight excluding hydrogens is 252 g/mol. The molecule has 7 heteroatoms. The molecule has 5 nitrogen and oxygen atoms in total. The molecule has 0 aliphatic carbocycles. The third kappa shape index (κ3) is 3.41. The zero-order valence-corrected chi connectivity index (χ0v) is 10.5. The van der Waals surface area contributed by atoms with Crippen molar-refractivity contribution in [2.24, 2.45) is 0 Å². The Morgan fingerprint density at radius 1 is 1.69 bits per heavy atom. The minimum absolute atomic E-state index is 0.0626. The van der Waals surface area contributed by atoms with E-state index in [2.05, 4.69) is 5.32 Å². The summed E-state index contributed by atoms with van der Waals surface area (Å²) in [6, 6.07) is 1.40. The summed E-state index contributed by atoms with van der Waals surface area (Å²) in [4.78, 5) is 10.9. The Kier molecular flexibility index (Phi) is 4.67. The first-order valence-corrected chi connectivity index (χ1v) is 5.96. The molecule has 0 radical (unpaired) electrons. The maximum absolute atomic E-state index is 10.6. The number of nitrogens with zero attached hydrogens (tertiary/aromatic N) is 1. The van der Waals surface area contributed by atoms with Gasteiger partial charge in [0.05, 0.1) is 11.0 Å². The van der Waals surface area contributed by atoms with Gasteiger partial charge in [-0.2, -0.15) is 0 Å². The second-order valence-electron chi connectivity index (χ2n) is 3.54. The molecule has 0 saturated heterocycles. The monoisotopic (exact) mass is 264 g/mol. The number of aliphatic hydroxyl groups is 1. The van der Waals surface area contributed by atoms with Gasteiger partial charge in [-0.3, -0.25) is 10.1 Å². The van der Waals surface area contributed by atoms with E-state index in [1.165, 1.54) is 17.4 Å². The largest absolute Gasteiger partial charge is 0.392 e. The van der Waals surface area contributed by atoms with Gasteiger partial charge in [0.15, 0.2) is 4.34 Å². The maximum atomic E-state index is 10.6. The van der Waals surface area contributed by atoms with Crippen LogP contribution in [0.15, 0.2) is 6.07 Å². The predicted octanol–water partition coefficient (Wildman–Crippen LogP) is 2.34. The molecule has 2 atom stereocenters. The molecule has 0 bridgehead atoms. The Balaban J connectivity index is 2.73. The fourth-order valence-electron chi connectivity index (χ4n) is 1.16. The Bertz CT molecular complexity index is 381. The van der Waals surface area contributed by atoms with Gasteiger partial charge < -0.3 is 10.4 Å². The average Bonchev–Trinajstić information content (AvgIpc) is 2.56. The van der Waals surface area contributed by atoms with E-state index >= 15 is 0 Å². The van der Waals surface area contributed by atoms with Crippen LogP contribution >= 0.6 is 22.9 Å². The quantitative estimate of drug-likeness (QED) is 0.632. The highest BCUT2D eigenvalue weighted by atomic mass is 35.5. The van der Waals surface area contributed by atoms with E-state index in [0.717, 1.165) is 4.88 Å². The SMILES string of the molecule is CC(NC[C@@H](C)O)c1cc([N+](=O)[O-])c(Cl)s1. The van der Waals surface area contributed by atoms with Crippen molar-refractivity contribution in [1.29, 1.82) is 0 Å². The number of hydrogen-bond acceptors (Lipinski definition) is 5. The fraction of sp³-hybridized carbons (Fsp3) is 0.556. The van der Waals surface area contributed by atoms with Crippen LogP contribution in [0.5, 0.6) is 0 Å². The number of rotatable bonds is 5. The summed E-state index contributed by atoms with van der Waals surface area (Å²) in [7, 11) is 0. The molecular formula is C9H13ClN2O3S. The molecule has 0 aromatic carbocycles. The van der Waals surface area contributed by atoms with Crippen LogP contribution in [-0.4, -0.2) is 22.7 Å². The topological polar surface area (TPSA) is 75.4 Å². The van der Waals surface area contributed by atoms with Crippen LogP contribution in [0.1, 0.15) is 24.8 Å². The summed E-state index contributed by atoms with van der Waals surface area (Å²) >= 11 is 6.93. The van der Waals surface area contributed by atoms with E-state index in [1.807, 2.05) is 6.92 Å². The fourth-order valence-corrected chi connectivity index (χ4v) is 2.43.